The van der Waals surface area contributed by atoms with Crippen LogP contribution in [0.2, 0.25) is 5.15 Å². The van der Waals surface area contributed by atoms with Crippen molar-refractivity contribution in [3.8, 4) is 0 Å². The minimum Gasteiger partial charge on any atom is -0.369 e. The highest BCUT2D eigenvalue weighted by molar-refractivity contribution is 6.29. The second kappa shape index (κ2) is 6.04. The maximum atomic E-state index is 5.66. The first-order chi connectivity index (χ1) is 7.84. The first-order valence-corrected chi connectivity index (χ1v) is 6.45. The normalized spacial score (nSPS) is 16.6. The topological polar surface area (TPSA) is 37.8 Å². The molecule has 1 N–H and O–H groups in total. The van der Waals surface area contributed by atoms with Crippen molar-refractivity contribution in [3.63, 3.8) is 0 Å². The molecule has 1 aliphatic rings. The molecule has 3 nitrogen and oxygen atoms in total. The van der Waals surface area contributed by atoms with Crippen LogP contribution < -0.4 is 5.32 Å². The summed E-state index contributed by atoms with van der Waals surface area (Å²) in [5, 5.41) is 11.4. The zero-order valence-corrected chi connectivity index (χ0v) is 10.2. The Bertz CT molecular complexity index is 307. The summed E-state index contributed by atoms with van der Waals surface area (Å²) in [5.74, 6) is 1.79. The van der Waals surface area contributed by atoms with E-state index >= 15 is 0 Å². The van der Waals surface area contributed by atoms with Crippen LogP contribution in [0.15, 0.2) is 12.1 Å². The Kier molecular flexibility index (Phi) is 4.40. The number of anilines is 1. The first kappa shape index (κ1) is 11.6. The molecule has 1 fully saturated rings. The van der Waals surface area contributed by atoms with Gasteiger partial charge in [0.15, 0.2) is 5.15 Å². The van der Waals surface area contributed by atoms with Gasteiger partial charge < -0.3 is 5.32 Å². The SMILES string of the molecule is Clc1ccc(NCCCC2CCCC2)nn1. The average Bonchev–Trinajstić information content (AvgIpc) is 2.80. The van der Waals surface area contributed by atoms with Crippen LogP contribution in [0.25, 0.3) is 0 Å². The van der Waals surface area contributed by atoms with E-state index in [1.165, 1.54) is 38.5 Å². The van der Waals surface area contributed by atoms with Crippen LogP contribution in [0.5, 0.6) is 0 Å². The Morgan fingerprint density at radius 2 is 2.06 bits per heavy atom. The summed E-state index contributed by atoms with van der Waals surface area (Å²) < 4.78 is 0. The van der Waals surface area contributed by atoms with E-state index in [1.54, 1.807) is 6.07 Å². The molecule has 0 aromatic carbocycles. The van der Waals surface area contributed by atoms with E-state index in [4.69, 9.17) is 11.6 Å². The number of nitrogens with one attached hydrogen (secondary N) is 1. The molecular formula is C12H18ClN3. The van der Waals surface area contributed by atoms with Gasteiger partial charge in [0, 0.05) is 6.54 Å². The number of hydrogen-bond acceptors (Lipinski definition) is 3. The fourth-order valence-electron chi connectivity index (χ4n) is 2.32. The number of rotatable bonds is 5. The van der Waals surface area contributed by atoms with Crippen LogP contribution in [-0.2, 0) is 0 Å². The quantitative estimate of drug-likeness (QED) is 0.799. The lowest BCUT2D eigenvalue weighted by atomic mass is 10.0. The molecule has 0 spiro atoms. The van der Waals surface area contributed by atoms with Gasteiger partial charge in [0.05, 0.1) is 0 Å². The molecule has 0 radical (unpaired) electrons. The third-order valence-corrected chi connectivity index (χ3v) is 3.40. The molecule has 1 saturated carbocycles. The van der Waals surface area contributed by atoms with Crippen molar-refractivity contribution in [2.75, 3.05) is 11.9 Å². The first-order valence-electron chi connectivity index (χ1n) is 6.08. The zero-order chi connectivity index (χ0) is 11.2. The number of aromatic nitrogens is 2. The van der Waals surface area contributed by atoms with Gasteiger partial charge >= 0.3 is 0 Å². The van der Waals surface area contributed by atoms with Gasteiger partial charge in [-0.25, -0.2) is 0 Å². The van der Waals surface area contributed by atoms with Crippen molar-refractivity contribution in [1.29, 1.82) is 0 Å². The second-order valence-corrected chi connectivity index (χ2v) is 4.85. The third kappa shape index (κ3) is 3.63. The Morgan fingerprint density at radius 1 is 1.25 bits per heavy atom. The molecule has 0 unspecified atom stereocenters. The zero-order valence-electron chi connectivity index (χ0n) is 9.45. The Hall–Kier alpha value is -0.830. The monoisotopic (exact) mass is 239 g/mol. The van der Waals surface area contributed by atoms with E-state index in [0.29, 0.717) is 5.15 Å². The second-order valence-electron chi connectivity index (χ2n) is 4.46. The van der Waals surface area contributed by atoms with Crippen molar-refractivity contribution in [2.45, 2.75) is 38.5 Å². The fraction of sp³-hybridized carbons (Fsp3) is 0.667. The van der Waals surface area contributed by atoms with Crippen molar-refractivity contribution in [3.05, 3.63) is 17.3 Å². The predicted octanol–water partition coefficient (Wildman–Crippen LogP) is 3.51. The summed E-state index contributed by atoms with van der Waals surface area (Å²) >= 11 is 5.66. The summed E-state index contributed by atoms with van der Waals surface area (Å²) in [4.78, 5) is 0. The molecule has 0 bridgehead atoms. The van der Waals surface area contributed by atoms with E-state index in [1.807, 2.05) is 6.07 Å². The summed E-state index contributed by atoms with van der Waals surface area (Å²) in [7, 11) is 0. The van der Waals surface area contributed by atoms with Crippen molar-refractivity contribution >= 4 is 17.4 Å². The maximum absolute atomic E-state index is 5.66. The maximum Gasteiger partial charge on any atom is 0.151 e. The van der Waals surface area contributed by atoms with Crippen LogP contribution in [0, 0.1) is 5.92 Å². The van der Waals surface area contributed by atoms with Crippen molar-refractivity contribution in [1.82, 2.24) is 10.2 Å². The highest BCUT2D eigenvalue weighted by atomic mass is 35.5. The lowest BCUT2D eigenvalue weighted by Gasteiger charge is -2.09. The summed E-state index contributed by atoms with van der Waals surface area (Å²) in [6, 6.07) is 3.62. The average molecular weight is 240 g/mol. The molecule has 1 aromatic heterocycles. The highest BCUT2D eigenvalue weighted by Gasteiger charge is 2.13. The molecule has 0 aliphatic heterocycles. The summed E-state index contributed by atoms with van der Waals surface area (Å²) in [6.07, 6.45) is 8.28. The van der Waals surface area contributed by atoms with Gasteiger partial charge in [-0.3, -0.25) is 0 Å². The Labute approximate surface area is 102 Å². The highest BCUT2D eigenvalue weighted by Crippen LogP contribution is 2.28. The molecule has 0 amide bonds. The van der Waals surface area contributed by atoms with E-state index < -0.39 is 0 Å². The third-order valence-electron chi connectivity index (χ3n) is 3.20. The van der Waals surface area contributed by atoms with Gasteiger partial charge in [-0.05, 0) is 30.9 Å². The Balaban J connectivity index is 1.62. The van der Waals surface area contributed by atoms with E-state index in [-0.39, 0.29) is 0 Å². The lowest BCUT2D eigenvalue weighted by molar-refractivity contribution is 0.491. The van der Waals surface area contributed by atoms with Crippen LogP contribution in [0.4, 0.5) is 5.82 Å². The van der Waals surface area contributed by atoms with Crippen LogP contribution >= 0.6 is 11.6 Å². The smallest absolute Gasteiger partial charge is 0.151 e. The van der Waals surface area contributed by atoms with Crippen LogP contribution in [-0.4, -0.2) is 16.7 Å². The van der Waals surface area contributed by atoms with E-state index in [0.717, 1.165) is 18.3 Å². The van der Waals surface area contributed by atoms with Crippen LogP contribution in [0.1, 0.15) is 38.5 Å². The van der Waals surface area contributed by atoms with Crippen LogP contribution in [0.3, 0.4) is 0 Å². The van der Waals surface area contributed by atoms with Crippen molar-refractivity contribution < 1.29 is 0 Å². The molecular weight excluding hydrogens is 222 g/mol. The summed E-state index contributed by atoms with van der Waals surface area (Å²) in [5.41, 5.74) is 0. The number of halogens is 1. The molecule has 16 heavy (non-hydrogen) atoms. The number of hydrogen-bond donors (Lipinski definition) is 1. The molecule has 0 atom stereocenters. The van der Waals surface area contributed by atoms with Gasteiger partial charge in [0.25, 0.3) is 0 Å². The standard InChI is InChI=1S/C12H18ClN3/c13-11-7-8-12(16-15-11)14-9-3-6-10-4-1-2-5-10/h7-8,10H,1-6,9H2,(H,14,16). The van der Waals surface area contributed by atoms with Crippen molar-refractivity contribution in [2.24, 2.45) is 5.92 Å². The molecule has 0 saturated heterocycles. The fourth-order valence-corrected chi connectivity index (χ4v) is 2.42. The predicted molar refractivity (Wildman–Crippen MR) is 66.7 cm³/mol. The van der Waals surface area contributed by atoms with E-state index in [2.05, 4.69) is 15.5 Å². The van der Waals surface area contributed by atoms with E-state index in [9.17, 15) is 0 Å². The van der Waals surface area contributed by atoms with Gasteiger partial charge in [0.1, 0.15) is 5.82 Å². The lowest BCUT2D eigenvalue weighted by Crippen LogP contribution is -2.05. The molecule has 1 aromatic rings. The molecule has 1 heterocycles. The molecule has 4 heteroatoms. The summed E-state index contributed by atoms with van der Waals surface area (Å²) in [6.45, 7) is 0.979. The van der Waals surface area contributed by atoms with Gasteiger partial charge in [-0.15, -0.1) is 10.2 Å². The minimum atomic E-state index is 0.441. The number of nitrogens with zero attached hydrogens (tertiary/aromatic N) is 2. The molecule has 88 valence electrons. The van der Waals surface area contributed by atoms with Gasteiger partial charge in [-0.1, -0.05) is 37.3 Å². The molecule has 1 aliphatic carbocycles. The largest absolute Gasteiger partial charge is 0.369 e. The van der Waals surface area contributed by atoms with Gasteiger partial charge in [0.2, 0.25) is 0 Å². The molecule has 2 rings (SSSR count). The van der Waals surface area contributed by atoms with Gasteiger partial charge in [-0.2, -0.15) is 0 Å². The Morgan fingerprint density at radius 3 is 2.75 bits per heavy atom. The minimum absolute atomic E-state index is 0.441.